The van der Waals surface area contributed by atoms with Crippen LogP contribution in [0.2, 0.25) is 0 Å². The van der Waals surface area contributed by atoms with E-state index in [4.69, 9.17) is 0 Å². The van der Waals surface area contributed by atoms with Gasteiger partial charge in [-0.3, -0.25) is 34.1 Å². The summed E-state index contributed by atoms with van der Waals surface area (Å²) in [6, 6.07) is 7.40. The van der Waals surface area contributed by atoms with E-state index in [2.05, 4.69) is 9.88 Å². The fourth-order valence-corrected chi connectivity index (χ4v) is 8.07. The lowest BCUT2D eigenvalue weighted by molar-refractivity contribution is -0.145. The number of anilines is 1. The van der Waals surface area contributed by atoms with Crippen LogP contribution in [0, 0.1) is 5.41 Å². The number of hydrogen-bond acceptors (Lipinski definition) is 7. The van der Waals surface area contributed by atoms with Gasteiger partial charge in [-0.05, 0) is 85.0 Å². The van der Waals surface area contributed by atoms with E-state index in [9.17, 15) is 24.3 Å². The van der Waals surface area contributed by atoms with Crippen molar-refractivity contribution in [1.29, 1.82) is 0 Å². The Labute approximate surface area is 251 Å². The van der Waals surface area contributed by atoms with Gasteiger partial charge in [0.25, 0.3) is 5.91 Å². The Morgan fingerprint density at radius 2 is 1.86 bits per heavy atom. The van der Waals surface area contributed by atoms with E-state index in [1.165, 1.54) is 21.1 Å². The van der Waals surface area contributed by atoms with Gasteiger partial charge in [0.05, 0.1) is 21.5 Å². The third-order valence-corrected chi connectivity index (χ3v) is 9.89. The molecule has 0 aliphatic carbocycles. The van der Waals surface area contributed by atoms with Crippen molar-refractivity contribution in [1.82, 2.24) is 19.7 Å². The summed E-state index contributed by atoms with van der Waals surface area (Å²) in [6.45, 7) is 11.8. The fourth-order valence-electron chi connectivity index (χ4n) is 6.76. The minimum absolute atomic E-state index is 0.0321. The average Bonchev–Trinajstić information content (AvgIpc) is 3.46. The Bertz CT molecular complexity index is 1360. The van der Waals surface area contributed by atoms with Crippen LogP contribution in [0.3, 0.4) is 0 Å². The number of imide groups is 1. The molecule has 11 heteroatoms. The van der Waals surface area contributed by atoms with E-state index in [1.807, 2.05) is 57.7 Å². The summed E-state index contributed by atoms with van der Waals surface area (Å²) in [6.07, 6.45) is 3.97. The number of nitrogens with zero attached hydrogens (tertiary/aromatic N) is 5. The molecule has 4 amide bonds. The molecule has 3 saturated heterocycles. The maximum atomic E-state index is 14.0. The van der Waals surface area contributed by atoms with E-state index in [0.29, 0.717) is 35.9 Å². The van der Waals surface area contributed by atoms with E-state index in [-0.39, 0.29) is 36.2 Å². The van der Waals surface area contributed by atoms with E-state index in [0.717, 1.165) is 37.1 Å². The van der Waals surface area contributed by atoms with E-state index in [1.54, 1.807) is 12.3 Å². The SMILES string of the molecule is CC(C)N1C(=O)CC2(CCCN(C3CCN(C(=O)c4cc(-c5ccccn5)sc4N(C(=O)O)C(C)(C)C)CC3)C2)C1=O. The second-order valence-electron chi connectivity index (χ2n) is 13.1. The molecule has 2 aromatic rings. The quantitative estimate of drug-likeness (QED) is 0.487. The normalized spacial score (nSPS) is 22.4. The molecule has 1 unspecified atom stereocenters. The lowest BCUT2D eigenvalue weighted by Gasteiger charge is -2.45. The first-order chi connectivity index (χ1) is 19.8. The first kappa shape index (κ1) is 30.2. The largest absolute Gasteiger partial charge is 0.465 e. The van der Waals surface area contributed by atoms with Crippen LogP contribution in [0.1, 0.15) is 77.1 Å². The van der Waals surface area contributed by atoms with Gasteiger partial charge in [-0.25, -0.2) is 4.79 Å². The number of carbonyl (C=O) groups is 4. The van der Waals surface area contributed by atoms with Gasteiger partial charge in [0.15, 0.2) is 0 Å². The second kappa shape index (κ2) is 11.4. The van der Waals surface area contributed by atoms with Gasteiger partial charge in [-0.2, -0.15) is 0 Å². The number of piperidine rings is 2. The minimum atomic E-state index is -1.11. The Morgan fingerprint density at radius 3 is 2.43 bits per heavy atom. The molecule has 3 fully saturated rings. The highest BCUT2D eigenvalue weighted by Gasteiger charge is 2.54. The van der Waals surface area contributed by atoms with Gasteiger partial charge in [-0.15, -0.1) is 11.3 Å². The lowest BCUT2D eigenvalue weighted by atomic mass is 9.77. The zero-order valence-corrected chi connectivity index (χ0v) is 25.9. The zero-order chi connectivity index (χ0) is 30.4. The highest BCUT2D eigenvalue weighted by molar-refractivity contribution is 7.20. The number of amides is 4. The Kier molecular flexibility index (Phi) is 8.19. The molecule has 226 valence electrons. The predicted molar refractivity (Wildman–Crippen MR) is 162 cm³/mol. The van der Waals surface area contributed by atoms with Gasteiger partial charge >= 0.3 is 6.09 Å². The summed E-state index contributed by atoms with van der Waals surface area (Å²) in [5, 5.41) is 10.5. The van der Waals surface area contributed by atoms with Gasteiger partial charge in [0, 0.05) is 49.9 Å². The molecule has 0 aromatic carbocycles. The average molecular weight is 596 g/mol. The van der Waals surface area contributed by atoms with Crippen molar-refractivity contribution < 1.29 is 24.3 Å². The van der Waals surface area contributed by atoms with Crippen molar-refractivity contribution >= 4 is 40.2 Å². The van der Waals surface area contributed by atoms with Crippen molar-refractivity contribution in [2.45, 2.75) is 84.3 Å². The van der Waals surface area contributed by atoms with Gasteiger partial charge < -0.3 is 10.0 Å². The maximum Gasteiger partial charge on any atom is 0.412 e. The number of pyridine rings is 1. The Hall–Kier alpha value is -3.31. The van der Waals surface area contributed by atoms with Crippen LogP contribution in [0.4, 0.5) is 9.80 Å². The molecular formula is C31H41N5O5S. The number of thiophene rings is 1. The first-order valence-electron chi connectivity index (χ1n) is 14.8. The van der Waals surface area contributed by atoms with Crippen molar-refractivity contribution in [3.05, 3.63) is 36.0 Å². The smallest absolute Gasteiger partial charge is 0.412 e. The summed E-state index contributed by atoms with van der Waals surface area (Å²) in [7, 11) is 0. The van der Waals surface area contributed by atoms with E-state index >= 15 is 0 Å². The van der Waals surface area contributed by atoms with Crippen LogP contribution in [0.15, 0.2) is 30.5 Å². The van der Waals surface area contributed by atoms with Gasteiger partial charge in [0.1, 0.15) is 5.00 Å². The molecule has 0 saturated carbocycles. The third kappa shape index (κ3) is 5.56. The zero-order valence-electron chi connectivity index (χ0n) is 25.1. The minimum Gasteiger partial charge on any atom is -0.465 e. The summed E-state index contributed by atoms with van der Waals surface area (Å²) in [5.74, 6) is -0.286. The number of carboxylic acid groups (broad SMARTS) is 1. The lowest BCUT2D eigenvalue weighted by Crippen LogP contribution is -2.54. The highest BCUT2D eigenvalue weighted by atomic mass is 32.1. The molecule has 3 aliphatic rings. The van der Waals surface area contributed by atoms with Crippen LogP contribution < -0.4 is 4.90 Å². The number of likely N-dealkylation sites (tertiary alicyclic amines) is 3. The molecule has 2 aromatic heterocycles. The third-order valence-electron chi connectivity index (χ3n) is 8.75. The Morgan fingerprint density at radius 1 is 1.14 bits per heavy atom. The molecule has 0 bridgehead atoms. The summed E-state index contributed by atoms with van der Waals surface area (Å²) in [4.78, 5) is 64.5. The second-order valence-corrected chi connectivity index (χ2v) is 14.1. The molecule has 1 spiro atoms. The fraction of sp³-hybridized carbons (Fsp3) is 0.581. The molecule has 5 rings (SSSR count). The van der Waals surface area contributed by atoms with Crippen molar-refractivity contribution in [2.75, 3.05) is 31.1 Å². The van der Waals surface area contributed by atoms with E-state index < -0.39 is 17.0 Å². The topological polar surface area (TPSA) is 114 Å². The van der Waals surface area contributed by atoms with Crippen LogP contribution in [0.25, 0.3) is 10.6 Å². The highest BCUT2D eigenvalue weighted by Crippen LogP contribution is 2.44. The maximum absolute atomic E-state index is 14.0. The standard InChI is InChI=1S/C31H41N5O5S/c1-20(2)35-25(37)18-31(28(35)39)12-8-14-34(19-31)21-10-15-33(16-11-21)26(38)22-17-24(23-9-6-7-13-32-23)42-27(22)36(29(40)41)30(3,4)5/h6-7,9,13,17,20-21H,8,10-12,14-16,18-19H2,1-5H3,(H,40,41). The number of hydrogen-bond donors (Lipinski definition) is 1. The van der Waals surface area contributed by atoms with Gasteiger partial charge in [-0.1, -0.05) is 6.07 Å². The Balaban J connectivity index is 1.33. The number of aromatic nitrogens is 1. The molecular weight excluding hydrogens is 554 g/mol. The number of carbonyl (C=O) groups excluding carboxylic acids is 3. The predicted octanol–water partition coefficient (Wildman–Crippen LogP) is 4.95. The number of rotatable bonds is 5. The van der Waals surface area contributed by atoms with Crippen molar-refractivity contribution in [2.24, 2.45) is 5.41 Å². The molecule has 5 heterocycles. The summed E-state index contributed by atoms with van der Waals surface area (Å²) in [5.41, 5.74) is -0.324. The van der Waals surface area contributed by atoms with Crippen molar-refractivity contribution in [3.63, 3.8) is 0 Å². The first-order valence-corrected chi connectivity index (χ1v) is 15.6. The molecule has 3 aliphatic heterocycles. The van der Waals surface area contributed by atoms with Crippen LogP contribution >= 0.6 is 11.3 Å². The van der Waals surface area contributed by atoms with Gasteiger partial charge in [0.2, 0.25) is 11.8 Å². The van der Waals surface area contributed by atoms with Crippen LogP contribution in [0.5, 0.6) is 0 Å². The molecule has 1 N–H and O–H groups in total. The van der Waals surface area contributed by atoms with Crippen LogP contribution in [-0.2, 0) is 9.59 Å². The van der Waals surface area contributed by atoms with Crippen LogP contribution in [-0.4, -0.2) is 92.4 Å². The molecule has 42 heavy (non-hydrogen) atoms. The molecule has 0 radical (unpaired) electrons. The molecule has 1 atom stereocenters. The summed E-state index contributed by atoms with van der Waals surface area (Å²) >= 11 is 1.27. The van der Waals surface area contributed by atoms with Crippen molar-refractivity contribution in [3.8, 4) is 10.6 Å². The summed E-state index contributed by atoms with van der Waals surface area (Å²) < 4.78 is 0. The monoisotopic (exact) mass is 595 g/mol. The molecule has 10 nitrogen and oxygen atoms in total.